The zero-order chi connectivity index (χ0) is 21.6. The smallest absolute Gasteiger partial charge is 0.419 e. The molecule has 2 atom stereocenters. The van der Waals surface area contributed by atoms with Crippen LogP contribution in [0.15, 0.2) is 45.6 Å². The fraction of sp³-hybridized carbons (Fsp3) is 0.286. The first-order valence-electron chi connectivity index (χ1n) is 9.21. The average molecular weight is 423 g/mol. The standard InChI is InChI=1S/C21H17F4NO4/c1-10(22)16-9-12(21(23,24)25)3-7-17(16)29-13-4-6-14-11(8-13)2-5-15(14)18-19(27)26-20(28)30-18/h3-4,6-10,15,27H,2,5H2,1H3,(H,26,28)/t10?,15-/m1/s1. The zero-order valence-corrected chi connectivity index (χ0v) is 15.7. The van der Waals surface area contributed by atoms with Crippen molar-refractivity contribution in [1.82, 2.24) is 4.98 Å². The maximum absolute atomic E-state index is 14.0. The van der Waals surface area contributed by atoms with Gasteiger partial charge in [-0.1, -0.05) is 6.07 Å². The summed E-state index contributed by atoms with van der Waals surface area (Å²) >= 11 is 0. The molecule has 1 unspecified atom stereocenters. The van der Waals surface area contributed by atoms with Crippen LogP contribution in [0, 0.1) is 0 Å². The highest BCUT2D eigenvalue weighted by Crippen LogP contribution is 2.43. The number of hydrogen-bond acceptors (Lipinski definition) is 4. The molecule has 2 aromatic carbocycles. The Balaban J connectivity index is 1.63. The summed E-state index contributed by atoms with van der Waals surface area (Å²) in [5, 5.41) is 9.84. The zero-order valence-electron chi connectivity index (χ0n) is 15.7. The number of benzene rings is 2. The average Bonchev–Trinajstić information content (AvgIpc) is 3.22. The maximum atomic E-state index is 14.0. The monoisotopic (exact) mass is 423 g/mol. The second kappa shape index (κ2) is 7.23. The summed E-state index contributed by atoms with van der Waals surface area (Å²) in [6.45, 7) is 1.15. The van der Waals surface area contributed by atoms with E-state index in [1.165, 1.54) is 0 Å². The van der Waals surface area contributed by atoms with E-state index >= 15 is 0 Å². The number of oxazole rings is 1. The fourth-order valence-electron chi connectivity index (χ4n) is 3.75. The van der Waals surface area contributed by atoms with E-state index < -0.39 is 23.7 Å². The number of ether oxygens (including phenoxy) is 1. The molecule has 1 aliphatic rings. The van der Waals surface area contributed by atoms with Gasteiger partial charge in [-0.25, -0.2) is 9.18 Å². The number of nitrogens with one attached hydrogen (secondary N) is 1. The van der Waals surface area contributed by atoms with Crippen LogP contribution in [0.25, 0.3) is 0 Å². The third kappa shape index (κ3) is 3.67. The minimum Gasteiger partial charge on any atom is -0.492 e. The minimum atomic E-state index is -4.58. The second-order valence-electron chi connectivity index (χ2n) is 7.15. The SMILES string of the molecule is CC(F)c1cc(C(F)(F)F)ccc1Oc1ccc2c(c1)CC[C@H]2c1oc(=O)[nH]c1O. The number of H-pyrrole nitrogens is 1. The van der Waals surface area contributed by atoms with Crippen molar-refractivity contribution in [3.05, 3.63) is 75.0 Å². The Morgan fingerprint density at radius 1 is 1.23 bits per heavy atom. The predicted molar refractivity (Wildman–Crippen MR) is 98.6 cm³/mol. The summed E-state index contributed by atoms with van der Waals surface area (Å²) in [5.74, 6) is -0.864. The molecule has 0 radical (unpaired) electrons. The molecule has 1 heterocycles. The Bertz CT molecular complexity index is 1150. The third-order valence-electron chi connectivity index (χ3n) is 5.16. The highest BCUT2D eigenvalue weighted by atomic mass is 19.4. The van der Waals surface area contributed by atoms with Crippen molar-refractivity contribution in [2.45, 2.75) is 38.0 Å². The predicted octanol–water partition coefficient (Wildman–Crippen LogP) is 5.59. The molecule has 0 saturated heterocycles. The van der Waals surface area contributed by atoms with Crippen molar-refractivity contribution in [2.75, 3.05) is 0 Å². The summed E-state index contributed by atoms with van der Waals surface area (Å²) in [7, 11) is 0. The third-order valence-corrected chi connectivity index (χ3v) is 5.16. The summed E-state index contributed by atoms with van der Waals surface area (Å²) < 4.78 is 63.5. The van der Waals surface area contributed by atoms with Crippen molar-refractivity contribution >= 4 is 0 Å². The molecule has 9 heteroatoms. The number of hydrogen-bond donors (Lipinski definition) is 2. The van der Waals surface area contributed by atoms with Gasteiger partial charge in [0.15, 0.2) is 5.76 Å². The van der Waals surface area contributed by atoms with Gasteiger partial charge in [0.1, 0.15) is 17.7 Å². The molecule has 0 fully saturated rings. The summed E-state index contributed by atoms with van der Waals surface area (Å²) in [5.41, 5.74) is 0.579. The van der Waals surface area contributed by atoms with E-state index in [1.807, 2.05) is 0 Å². The van der Waals surface area contributed by atoms with E-state index in [9.17, 15) is 27.5 Å². The van der Waals surface area contributed by atoms with Crippen LogP contribution in [0.3, 0.4) is 0 Å². The van der Waals surface area contributed by atoms with Gasteiger partial charge in [0.25, 0.3) is 0 Å². The Morgan fingerprint density at radius 3 is 2.63 bits per heavy atom. The van der Waals surface area contributed by atoms with Crippen molar-refractivity contribution in [3.63, 3.8) is 0 Å². The minimum absolute atomic E-state index is 0.00164. The molecule has 5 nitrogen and oxygen atoms in total. The van der Waals surface area contributed by atoms with Crippen molar-refractivity contribution in [1.29, 1.82) is 0 Å². The first kappa shape index (κ1) is 20.1. The molecular weight excluding hydrogens is 406 g/mol. The van der Waals surface area contributed by atoms with Crippen LogP contribution in [0.4, 0.5) is 17.6 Å². The van der Waals surface area contributed by atoms with E-state index in [1.54, 1.807) is 18.2 Å². The highest BCUT2D eigenvalue weighted by Gasteiger charge is 2.32. The molecule has 0 spiro atoms. The fourth-order valence-corrected chi connectivity index (χ4v) is 3.75. The number of halogens is 4. The van der Waals surface area contributed by atoms with Gasteiger partial charge in [-0.3, -0.25) is 4.98 Å². The van der Waals surface area contributed by atoms with Crippen molar-refractivity contribution < 1.29 is 31.8 Å². The number of fused-ring (bicyclic) bond motifs is 1. The van der Waals surface area contributed by atoms with Gasteiger partial charge in [0, 0.05) is 11.5 Å². The number of rotatable bonds is 4. The molecule has 2 N–H and O–H groups in total. The molecule has 0 saturated carbocycles. The molecule has 4 rings (SSSR count). The van der Waals surface area contributed by atoms with Gasteiger partial charge in [0.05, 0.1) is 5.56 Å². The van der Waals surface area contributed by atoms with Gasteiger partial charge in [-0.05, 0) is 61.2 Å². The van der Waals surface area contributed by atoms with Crippen LogP contribution >= 0.6 is 0 Å². The number of alkyl halides is 4. The summed E-state index contributed by atoms with van der Waals surface area (Å²) in [4.78, 5) is 13.5. The van der Waals surface area contributed by atoms with Crippen LogP contribution in [-0.2, 0) is 12.6 Å². The molecule has 30 heavy (non-hydrogen) atoms. The van der Waals surface area contributed by atoms with Crippen LogP contribution in [-0.4, -0.2) is 10.1 Å². The lowest BCUT2D eigenvalue weighted by atomic mass is 9.99. The molecule has 1 aliphatic carbocycles. The lowest BCUT2D eigenvalue weighted by molar-refractivity contribution is -0.137. The maximum Gasteiger partial charge on any atom is 0.419 e. The van der Waals surface area contributed by atoms with Crippen LogP contribution in [0.2, 0.25) is 0 Å². The molecule has 1 aromatic heterocycles. The van der Waals surface area contributed by atoms with Crippen LogP contribution < -0.4 is 10.5 Å². The lowest BCUT2D eigenvalue weighted by Gasteiger charge is -2.16. The quantitative estimate of drug-likeness (QED) is 0.536. The highest BCUT2D eigenvalue weighted by molar-refractivity contribution is 5.48. The first-order valence-corrected chi connectivity index (χ1v) is 9.21. The largest absolute Gasteiger partial charge is 0.492 e. The molecule has 3 aromatic rings. The van der Waals surface area contributed by atoms with E-state index in [0.29, 0.717) is 18.6 Å². The Morgan fingerprint density at radius 2 is 2.00 bits per heavy atom. The normalized spacial score (nSPS) is 17.0. The van der Waals surface area contributed by atoms with E-state index in [0.717, 1.165) is 36.2 Å². The second-order valence-corrected chi connectivity index (χ2v) is 7.15. The van der Waals surface area contributed by atoms with Gasteiger partial charge in [0.2, 0.25) is 5.88 Å². The summed E-state index contributed by atoms with van der Waals surface area (Å²) in [6, 6.07) is 7.75. The van der Waals surface area contributed by atoms with E-state index in [2.05, 4.69) is 4.98 Å². The van der Waals surface area contributed by atoms with Crippen LogP contribution in [0.5, 0.6) is 17.4 Å². The number of aromatic hydroxyl groups is 1. The topological polar surface area (TPSA) is 75.5 Å². The van der Waals surface area contributed by atoms with E-state index in [4.69, 9.17) is 9.15 Å². The first-order chi connectivity index (χ1) is 14.1. The van der Waals surface area contributed by atoms with E-state index in [-0.39, 0.29) is 28.9 Å². The Hall–Kier alpha value is -3.23. The summed E-state index contributed by atoms with van der Waals surface area (Å²) in [6.07, 6.45) is -5.02. The van der Waals surface area contributed by atoms with Crippen molar-refractivity contribution in [2.24, 2.45) is 0 Å². The van der Waals surface area contributed by atoms with Gasteiger partial charge >= 0.3 is 11.9 Å². The number of aromatic amines is 1. The van der Waals surface area contributed by atoms with Crippen LogP contribution in [0.1, 0.15) is 53.4 Å². The van der Waals surface area contributed by atoms with Gasteiger partial charge in [-0.2, -0.15) is 13.2 Å². The number of aryl methyl sites for hydroxylation is 1. The molecular formula is C21H17F4NO4. The Kier molecular flexibility index (Phi) is 4.83. The molecule has 158 valence electrons. The molecule has 0 aliphatic heterocycles. The van der Waals surface area contributed by atoms with Crippen molar-refractivity contribution in [3.8, 4) is 17.4 Å². The molecule has 0 amide bonds. The number of aromatic nitrogens is 1. The molecule has 0 bridgehead atoms. The lowest BCUT2D eigenvalue weighted by Crippen LogP contribution is -2.06. The Labute approximate surface area is 167 Å². The van der Waals surface area contributed by atoms with Gasteiger partial charge in [-0.15, -0.1) is 0 Å². The van der Waals surface area contributed by atoms with Gasteiger partial charge < -0.3 is 14.3 Å².